The summed E-state index contributed by atoms with van der Waals surface area (Å²) in [4.78, 5) is 18.9. The van der Waals surface area contributed by atoms with E-state index in [9.17, 15) is 14.3 Å². The number of aromatic nitrogens is 2. The van der Waals surface area contributed by atoms with Crippen molar-refractivity contribution in [3.8, 4) is 0 Å². The third-order valence-corrected chi connectivity index (χ3v) is 5.58. The van der Waals surface area contributed by atoms with Crippen molar-refractivity contribution in [3.63, 3.8) is 0 Å². The van der Waals surface area contributed by atoms with E-state index in [0.717, 1.165) is 27.7 Å². The zero-order valence-corrected chi connectivity index (χ0v) is 22.3. The highest BCUT2D eigenvalue weighted by molar-refractivity contribution is 6.02. The van der Waals surface area contributed by atoms with Gasteiger partial charge in [-0.1, -0.05) is 76.2 Å². The van der Waals surface area contributed by atoms with Crippen LogP contribution in [0.25, 0.3) is 10.8 Å². The molecule has 7 heteroatoms. The fourth-order valence-electron chi connectivity index (χ4n) is 3.94. The minimum atomic E-state index is -0.259. The smallest absolute Gasteiger partial charge is 0.238 e. The first kappa shape index (κ1) is 29.7. The van der Waals surface area contributed by atoms with Gasteiger partial charge in [0.1, 0.15) is 5.82 Å². The molecule has 1 aromatic heterocycles. The summed E-state index contributed by atoms with van der Waals surface area (Å²) in [6.07, 6.45) is 4.08. The van der Waals surface area contributed by atoms with Crippen molar-refractivity contribution >= 4 is 22.4 Å². The van der Waals surface area contributed by atoms with Gasteiger partial charge in [0.05, 0.1) is 19.5 Å². The van der Waals surface area contributed by atoms with Crippen molar-refractivity contribution in [2.45, 2.75) is 40.7 Å². The van der Waals surface area contributed by atoms with Gasteiger partial charge in [-0.25, -0.2) is 9.37 Å². The second kappa shape index (κ2) is 16.2. The van der Waals surface area contributed by atoms with E-state index in [-0.39, 0.29) is 24.9 Å². The number of anilines is 1. The van der Waals surface area contributed by atoms with Crippen molar-refractivity contribution in [2.24, 2.45) is 0 Å². The molecule has 0 aliphatic rings. The molecule has 4 aromatic rings. The number of hydrogen-bond acceptors (Lipinski definition) is 4. The molecule has 0 aliphatic heterocycles. The molecule has 2 N–H and O–H groups in total. The second-order valence-corrected chi connectivity index (χ2v) is 7.96. The maximum Gasteiger partial charge on any atom is 0.238 e. The first-order valence-electron chi connectivity index (χ1n) is 13.0. The van der Waals surface area contributed by atoms with Crippen molar-refractivity contribution in [2.75, 3.05) is 31.6 Å². The molecule has 0 aliphatic carbocycles. The molecular weight excluding hydrogens is 467 g/mol. The third kappa shape index (κ3) is 9.12. The molecule has 0 saturated heterocycles. The molecule has 0 spiro atoms. The number of aliphatic hydroxyl groups excluding tert-OH is 1. The molecule has 0 saturated carbocycles. The summed E-state index contributed by atoms with van der Waals surface area (Å²) in [5.74, 6) is -0.393. The van der Waals surface area contributed by atoms with E-state index in [4.69, 9.17) is 0 Å². The van der Waals surface area contributed by atoms with Crippen LogP contribution in [-0.2, 0) is 17.8 Å². The van der Waals surface area contributed by atoms with Crippen LogP contribution in [-0.4, -0.2) is 51.7 Å². The SMILES string of the molecule is CC.CC.O=C(CN(CCO)CCn1cncc1Cc1cccc(F)c1)Nc1cccc2ccccc12. The summed E-state index contributed by atoms with van der Waals surface area (Å²) in [6, 6.07) is 20.3. The predicted molar refractivity (Wildman–Crippen MR) is 150 cm³/mol. The zero-order valence-electron chi connectivity index (χ0n) is 22.3. The Morgan fingerprint density at radius 3 is 2.49 bits per heavy atom. The molecule has 3 aromatic carbocycles. The van der Waals surface area contributed by atoms with Gasteiger partial charge < -0.3 is 15.0 Å². The third-order valence-electron chi connectivity index (χ3n) is 5.58. The number of amides is 1. The number of nitrogens with zero attached hydrogens (tertiary/aromatic N) is 3. The van der Waals surface area contributed by atoms with Crippen molar-refractivity contribution in [1.29, 1.82) is 0 Å². The zero-order chi connectivity index (χ0) is 27.0. The monoisotopic (exact) mass is 506 g/mol. The summed E-state index contributed by atoms with van der Waals surface area (Å²) in [6.45, 7) is 9.68. The Morgan fingerprint density at radius 2 is 1.73 bits per heavy atom. The summed E-state index contributed by atoms with van der Waals surface area (Å²) in [5, 5.41) is 14.5. The first-order valence-corrected chi connectivity index (χ1v) is 13.0. The van der Waals surface area contributed by atoms with Crippen molar-refractivity contribution in [1.82, 2.24) is 14.5 Å². The number of benzene rings is 3. The lowest BCUT2D eigenvalue weighted by molar-refractivity contribution is -0.117. The van der Waals surface area contributed by atoms with Crippen LogP contribution >= 0.6 is 0 Å². The van der Waals surface area contributed by atoms with E-state index in [1.54, 1.807) is 18.6 Å². The minimum Gasteiger partial charge on any atom is -0.395 e. The first-order chi connectivity index (χ1) is 18.1. The molecule has 0 radical (unpaired) electrons. The van der Waals surface area contributed by atoms with Crippen LogP contribution in [0.3, 0.4) is 0 Å². The molecule has 1 heterocycles. The van der Waals surface area contributed by atoms with Crippen LogP contribution in [0.2, 0.25) is 0 Å². The number of fused-ring (bicyclic) bond motifs is 1. The number of imidazole rings is 1. The van der Waals surface area contributed by atoms with Crippen molar-refractivity contribution < 1.29 is 14.3 Å². The molecule has 0 bridgehead atoms. The van der Waals surface area contributed by atoms with Gasteiger partial charge in [-0.2, -0.15) is 0 Å². The maximum atomic E-state index is 13.5. The van der Waals surface area contributed by atoms with Gasteiger partial charge in [0.25, 0.3) is 0 Å². The van der Waals surface area contributed by atoms with E-state index in [0.29, 0.717) is 26.1 Å². The standard InChI is InChI=1S/C26H27FN4O2.2C2H6/c27-22-8-3-5-20(15-22)16-23-17-28-19-31(23)12-11-30(13-14-32)18-26(33)29-25-10-4-7-21-6-1-2-9-24(21)25;2*1-2/h1-10,15,17,19,32H,11-14,16,18H2,(H,29,33);2*1-2H3. The van der Waals surface area contributed by atoms with E-state index in [1.165, 1.54) is 12.1 Å². The largest absolute Gasteiger partial charge is 0.395 e. The number of aliphatic hydroxyl groups is 1. The average molecular weight is 507 g/mol. The lowest BCUT2D eigenvalue weighted by Crippen LogP contribution is -2.37. The Morgan fingerprint density at radius 1 is 1.00 bits per heavy atom. The quantitative estimate of drug-likeness (QED) is 0.287. The number of carbonyl (C=O) groups excluding carboxylic acids is 1. The van der Waals surface area contributed by atoms with Gasteiger partial charge in [-0.05, 0) is 29.1 Å². The maximum absolute atomic E-state index is 13.5. The number of halogens is 1. The van der Waals surface area contributed by atoms with E-state index in [1.807, 2.05) is 85.7 Å². The number of carbonyl (C=O) groups is 1. The van der Waals surface area contributed by atoms with Gasteiger partial charge >= 0.3 is 0 Å². The van der Waals surface area contributed by atoms with E-state index >= 15 is 0 Å². The molecule has 4 rings (SSSR count). The summed E-state index contributed by atoms with van der Waals surface area (Å²) in [7, 11) is 0. The Kier molecular flexibility index (Phi) is 13.0. The molecule has 198 valence electrons. The van der Waals surface area contributed by atoms with E-state index < -0.39 is 0 Å². The van der Waals surface area contributed by atoms with Crippen LogP contribution in [0.4, 0.5) is 10.1 Å². The van der Waals surface area contributed by atoms with Crippen molar-refractivity contribution in [3.05, 3.63) is 96.3 Å². The highest BCUT2D eigenvalue weighted by Crippen LogP contribution is 2.22. The highest BCUT2D eigenvalue weighted by atomic mass is 19.1. The average Bonchev–Trinajstić information content (AvgIpc) is 3.36. The van der Waals surface area contributed by atoms with Crippen LogP contribution in [0.5, 0.6) is 0 Å². The normalized spacial score (nSPS) is 10.4. The Bertz CT molecular complexity index is 1220. The Hall–Kier alpha value is -3.55. The lowest BCUT2D eigenvalue weighted by Gasteiger charge is -2.22. The van der Waals surface area contributed by atoms with Crippen LogP contribution in [0.15, 0.2) is 79.3 Å². The highest BCUT2D eigenvalue weighted by Gasteiger charge is 2.13. The Balaban J connectivity index is 0.00000115. The fraction of sp³-hybridized carbons (Fsp3) is 0.333. The molecule has 0 unspecified atom stereocenters. The predicted octanol–water partition coefficient (Wildman–Crippen LogP) is 5.75. The minimum absolute atomic E-state index is 0.0401. The topological polar surface area (TPSA) is 70.4 Å². The Labute approximate surface area is 219 Å². The number of rotatable bonds is 10. The summed E-state index contributed by atoms with van der Waals surface area (Å²) in [5.41, 5.74) is 2.61. The fourth-order valence-corrected chi connectivity index (χ4v) is 3.94. The van der Waals surface area contributed by atoms with Crippen LogP contribution < -0.4 is 5.32 Å². The van der Waals surface area contributed by atoms with Gasteiger partial charge in [-0.15, -0.1) is 0 Å². The molecular formula is C30H39FN4O2. The van der Waals surface area contributed by atoms with Gasteiger partial charge in [0.2, 0.25) is 5.91 Å². The van der Waals surface area contributed by atoms with Crippen LogP contribution in [0.1, 0.15) is 39.0 Å². The molecule has 6 nitrogen and oxygen atoms in total. The summed E-state index contributed by atoms with van der Waals surface area (Å²) >= 11 is 0. The van der Waals surface area contributed by atoms with Crippen LogP contribution in [0, 0.1) is 5.82 Å². The molecule has 37 heavy (non-hydrogen) atoms. The molecule has 0 fully saturated rings. The van der Waals surface area contributed by atoms with E-state index in [2.05, 4.69) is 10.3 Å². The lowest BCUT2D eigenvalue weighted by atomic mass is 10.1. The van der Waals surface area contributed by atoms with Gasteiger partial charge in [0.15, 0.2) is 0 Å². The second-order valence-electron chi connectivity index (χ2n) is 7.96. The van der Waals surface area contributed by atoms with Gasteiger partial charge in [0, 0.05) is 49.0 Å². The number of hydrogen-bond donors (Lipinski definition) is 2. The number of nitrogens with one attached hydrogen (secondary N) is 1. The molecule has 1 amide bonds. The van der Waals surface area contributed by atoms with Gasteiger partial charge in [-0.3, -0.25) is 9.69 Å². The summed E-state index contributed by atoms with van der Waals surface area (Å²) < 4.78 is 15.5. The molecule has 0 atom stereocenters.